The second kappa shape index (κ2) is 36.0. The van der Waals surface area contributed by atoms with Crippen LogP contribution in [0.3, 0.4) is 0 Å². The number of hydrogen-bond acceptors (Lipinski definition) is 28. The number of benzene rings is 6. The van der Waals surface area contributed by atoms with Gasteiger partial charge in [-0.1, -0.05) is 49.7 Å². The molecule has 38 nitrogen and oxygen atoms in total. The third-order valence-electron chi connectivity index (χ3n) is 25.9. The van der Waals surface area contributed by atoms with Crippen molar-refractivity contribution in [3.05, 3.63) is 153 Å². The molecule has 0 aromatic heterocycles. The quantitative estimate of drug-likeness (QED) is 0.0460. The molecule has 1 unspecified atom stereocenters. The van der Waals surface area contributed by atoms with Crippen LogP contribution in [-0.2, 0) is 63.1 Å². The van der Waals surface area contributed by atoms with E-state index in [0.29, 0.717) is 30.6 Å². The molecule has 0 spiro atoms. The second-order valence-electron chi connectivity index (χ2n) is 35.6. The van der Waals surface area contributed by atoms with Crippen LogP contribution in [0.25, 0.3) is 11.1 Å². The zero-order valence-corrected chi connectivity index (χ0v) is 71.1. The number of hydrogen-bond donors (Lipinski definition) is 21. The van der Waals surface area contributed by atoms with Gasteiger partial charge in [0, 0.05) is 53.8 Å². The highest BCUT2D eigenvalue weighted by atomic mass is 35.5. The Labute approximate surface area is 737 Å². The van der Waals surface area contributed by atoms with Crippen LogP contribution in [0.5, 0.6) is 40.2 Å². The van der Waals surface area contributed by atoms with E-state index < -0.39 is 226 Å². The first kappa shape index (κ1) is 90.2. The van der Waals surface area contributed by atoms with Crippen LogP contribution in [-0.4, -0.2) is 210 Å². The lowest BCUT2D eigenvalue weighted by atomic mass is 9.54. The number of rotatable bonds is 17. The van der Waals surface area contributed by atoms with Gasteiger partial charge in [0.15, 0.2) is 23.9 Å². The van der Waals surface area contributed by atoms with Crippen LogP contribution >= 0.6 is 11.6 Å². The molecule has 6 aromatic rings. The summed E-state index contributed by atoms with van der Waals surface area (Å²) in [5, 5.41) is 140. The number of phenolic OH excluding ortho intramolecular Hbond substituents is 1. The summed E-state index contributed by atoms with van der Waals surface area (Å²) < 4.78 is 45.4. The molecule has 5 aliphatic carbocycles. The van der Waals surface area contributed by atoms with Gasteiger partial charge in [-0.2, -0.15) is 0 Å². The van der Waals surface area contributed by atoms with Gasteiger partial charge in [0.05, 0.1) is 36.3 Å². The minimum Gasteiger partial charge on any atom is -0.508 e. The van der Waals surface area contributed by atoms with E-state index in [2.05, 4.69) is 58.5 Å². The molecule has 128 heavy (non-hydrogen) atoms. The highest BCUT2D eigenvalue weighted by molar-refractivity contribution is 6.32. The fourth-order valence-corrected chi connectivity index (χ4v) is 19.9. The lowest BCUT2D eigenvalue weighted by Gasteiger charge is -2.54. The summed E-state index contributed by atoms with van der Waals surface area (Å²) in [5.74, 6) is -15.0. The highest BCUT2D eigenvalue weighted by Crippen LogP contribution is 2.56. The summed E-state index contributed by atoms with van der Waals surface area (Å²) in [6.45, 7) is 8.55. The zero-order valence-electron chi connectivity index (χ0n) is 70.4. The molecule has 682 valence electrons. The Morgan fingerprint density at radius 2 is 1.33 bits per heavy atom. The Bertz CT molecular complexity index is 5360. The van der Waals surface area contributed by atoms with E-state index in [-0.39, 0.29) is 105 Å². The first-order valence-corrected chi connectivity index (χ1v) is 43.1. The van der Waals surface area contributed by atoms with Gasteiger partial charge in [0.2, 0.25) is 71.0 Å². The molecule has 2 saturated heterocycles. The van der Waals surface area contributed by atoms with E-state index in [1.54, 1.807) is 13.8 Å². The van der Waals surface area contributed by atoms with E-state index in [9.17, 15) is 65.1 Å². The number of urea groups is 1. The lowest BCUT2D eigenvalue weighted by Crippen LogP contribution is -2.64. The molecule has 13 aliphatic rings. The maximum Gasteiger partial charge on any atom is 0.325 e. The number of amides is 11. The van der Waals surface area contributed by atoms with Crippen LogP contribution in [0.1, 0.15) is 173 Å². The van der Waals surface area contributed by atoms with Gasteiger partial charge >= 0.3 is 6.03 Å². The Balaban J connectivity index is 0.867. The van der Waals surface area contributed by atoms with E-state index in [0.717, 1.165) is 68.5 Å². The molecule has 11 amide bonds. The van der Waals surface area contributed by atoms with Crippen LogP contribution in [0.4, 0.5) is 10.5 Å². The number of carbonyl (C=O) groups excluding carboxylic acids is 10. The number of fused-ring (bicyclic) bond motifs is 13. The number of aromatic hydroxyl groups is 1. The number of aliphatic hydroxyl groups is 8. The number of nitrogens with one attached hydrogen (secondary N) is 11. The minimum absolute atomic E-state index is 0.0656. The largest absolute Gasteiger partial charge is 0.508 e. The van der Waals surface area contributed by atoms with Gasteiger partial charge in [0.25, 0.3) is 0 Å². The van der Waals surface area contributed by atoms with Gasteiger partial charge < -0.3 is 138 Å². The van der Waals surface area contributed by atoms with Crippen LogP contribution in [0.15, 0.2) is 103 Å². The van der Waals surface area contributed by atoms with Crippen molar-refractivity contribution in [1.82, 2.24) is 53.2 Å². The zero-order chi connectivity index (χ0) is 91.1. The molecule has 6 fully saturated rings. The predicted molar refractivity (Wildman–Crippen MR) is 449 cm³/mol. The molecular formula is C89H103ClN12O26. The average molecular weight is 1790 g/mol. The molecule has 22 N–H and O–H groups in total. The number of anilines is 1. The molecule has 8 heterocycles. The maximum atomic E-state index is 16.7. The van der Waals surface area contributed by atoms with Crippen LogP contribution in [0, 0.1) is 29.6 Å². The standard InChI is InChI=1S/C89H103ClN12O26/c1-35(2)20-55(92-6)79(112)101-68-70(106)41-9-16-57-50(27-41)72(108)76-73(109)74(110)77(126-62-34-88(5,91)78(111)36(3)123-62)86(128-76)127-75-59(124-57)29-45-30-60(75)125-58-17-10-42(28-54(58)90)71(107)69-85(118)100-67(83(116)97-64-43-22-38-21-39(24-43)25-44(64)23-38)51-31-47(104)32-53-63(51)49-26-40(8-15-52(49)89(53,120)121)65(81(114)102-69)99-82(115)66(45)98-80(113)56(95-84(68)117)33-61(105)96-87(119)94-46-11-13-48(14-12-46)122-19-7-18-93-37(4)103/h8-17,26-32,35-36,38-39,43-44,55-56,62,64-74,76-78,86,92,104,106-111,120-121H,7,18-25,33-34,91H2,1-6H3,(H,93,103)(H,95,117)(H,97,116)(H,98,113)(H,99,115)(H,100,118)(H,101,112)(H,102,114)(H2,94,96,105,119)/t36-,38?,39?,43?,44?,55+,56-,62-,64?,65+,66+,67-,68+,69-,70+,71+,72?,73-,74-,76+,77+,78+,86+,88-/m0/s1. The molecule has 0 radical (unpaired) electrons. The molecule has 19 atom stereocenters. The smallest absolute Gasteiger partial charge is 0.325 e. The minimum atomic E-state index is -3.00. The van der Waals surface area contributed by atoms with Crippen molar-refractivity contribution < 1.29 is 127 Å². The molecule has 6 aromatic carbocycles. The third-order valence-corrected chi connectivity index (χ3v) is 26.2. The summed E-state index contributed by atoms with van der Waals surface area (Å²) in [6.07, 6.45) is -17.2. The monoisotopic (exact) mass is 1790 g/mol. The molecule has 39 heteroatoms. The number of carbonyl (C=O) groups is 10. The van der Waals surface area contributed by atoms with Gasteiger partial charge in [-0.25, -0.2) is 4.79 Å². The summed E-state index contributed by atoms with van der Waals surface area (Å²) in [4.78, 5) is 151. The number of imide groups is 1. The number of aliphatic hydroxyl groups excluding tert-OH is 6. The molecule has 18 bridgehead atoms. The van der Waals surface area contributed by atoms with Crippen molar-refractivity contribution >= 4 is 76.5 Å². The van der Waals surface area contributed by atoms with E-state index in [4.69, 9.17) is 50.5 Å². The van der Waals surface area contributed by atoms with Gasteiger partial charge in [-0.3, -0.25) is 48.5 Å². The molecule has 19 rings (SSSR count). The van der Waals surface area contributed by atoms with Crippen molar-refractivity contribution in [2.45, 2.75) is 220 Å². The Morgan fingerprint density at radius 1 is 0.672 bits per heavy atom. The van der Waals surface area contributed by atoms with Crippen molar-refractivity contribution in [3.8, 4) is 51.4 Å². The van der Waals surface area contributed by atoms with Crippen molar-refractivity contribution in [2.75, 3.05) is 25.5 Å². The number of halogens is 1. The molecule has 4 saturated carbocycles. The lowest BCUT2D eigenvalue weighted by molar-refractivity contribution is -0.339. The molecular weight excluding hydrogens is 1690 g/mol. The van der Waals surface area contributed by atoms with Gasteiger partial charge in [0.1, 0.15) is 95.9 Å². The van der Waals surface area contributed by atoms with Gasteiger partial charge in [-0.15, -0.1) is 0 Å². The SMILES string of the molecule is CN[C@H](CC(C)C)C(=O)N[C@H]1C(=O)N[C@@H](CC(=O)NC(=O)Nc2ccc(OCCCNC(C)=O)cc2)C(=O)N[C@H]2C(=O)N[C@H]3C(=O)N[C@H](C(=O)N[C@H](C(=O)NC4C5CC6CC(C5)CC4C6)c4cc(O)cc5c4-c4cc3ccc4C5(O)O)[C@H](O)c3ccc(c(Cl)c3)Oc3cc2cc2c3O[C@@H]3O[C@H](C(O)c4cc(ccc4O2)[C@H]1O)[C@@H](O)[C@H](O)[C@H]3O[C@H]1C[C@](C)(N)[C@H](O)[C@H](C)O1. The van der Waals surface area contributed by atoms with E-state index >= 15 is 28.8 Å². The van der Waals surface area contributed by atoms with Crippen LogP contribution in [0.2, 0.25) is 5.02 Å². The summed E-state index contributed by atoms with van der Waals surface area (Å²) in [7, 11) is 1.46. The first-order valence-electron chi connectivity index (χ1n) is 42.7. The Hall–Kier alpha value is -11.2. The fraction of sp³-hybridized carbons (Fsp3) is 0.483. The first-order chi connectivity index (χ1) is 60.9. The number of likely N-dealkylation sites (N-methyl/N-ethyl adjacent to an activating group) is 1. The van der Waals surface area contributed by atoms with Crippen LogP contribution < -0.4 is 83.2 Å². The van der Waals surface area contributed by atoms with E-state index in [1.165, 1.54) is 94.5 Å². The van der Waals surface area contributed by atoms with Gasteiger partial charge in [-0.05, 0) is 213 Å². The van der Waals surface area contributed by atoms with E-state index in [1.807, 2.05) is 0 Å². The van der Waals surface area contributed by atoms with Crippen molar-refractivity contribution in [3.63, 3.8) is 0 Å². The maximum absolute atomic E-state index is 16.7. The normalized spacial score (nSPS) is 31.4. The Morgan fingerprint density at radius 3 is 2.00 bits per heavy atom. The average Bonchev–Trinajstić information content (AvgIpc) is 1.55. The van der Waals surface area contributed by atoms with Crippen molar-refractivity contribution in [1.29, 1.82) is 0 Å². The third kappa shape index (κ3) is 18.1. The summed E-state index contributed by atoms with van der Waals surface area (Å²) >= 11 is 7.31. The second-order valence-corrected chi connectivity index (χ2v) is 36.0. The highest BCUT2D eigenvalue weighted by Gasteiger charge is 2.56. The summed E-state index contributed by atoms with van der Waals surface area (Å²) in [5.41, 5.74) is 2.61. The Kier molecular flexibility index (Phi) is 25.4. The topological polar surface area (TPSA) is 576 Å². The summed E-state index contributed by atoms with van der Waals surface area (Å²) in [6, 6.07) is 5.07. The number of phenols is 1. The number of nitrogens with two attached hydrogens (primary N) is 1. The fourth-order valence-electron chi connectivity index (χ4n) is 19.7. The van der Waals surface area contributed by atoms with Crippen molar-refractivity contribution in [2.24, 2.45) is 35.3 Å². The number of ether oxygens (including phenoxy) is 7. The predicted octanol–water partition coefficient (Wildman–Crippen LogP) is 2.22. The molecule has 8 aliphatic heterocycles.